The van der Waals surface area contributed by atoms with Gasteiger partial charge < -0.3 is 16.2 Å². The summed E-state index contributed by atoms with van der Waals surface area (Å²) in [6, 6.07) is 4.10. The summed E-state index contributed by atoms with van der Waals surface area (Å²) in [7, 11) is 0. The van der Waals surface area contributed by atoms with E-state index in [0.717, 1.165) is 0 Å². The van der Waals surface area contributed by atoms with Gasteiger partial charge in [-0.1, -0.05) is 6.07 Å². The number of carbonyl (C=O) groups is 1. The molecule has 0 spiro atoms. The third-order valence-electron chi connectivity index (χ3n) is 1.85. The van der Waals surface area contributed by atoms with Crippen LogP contribution in [0.2, 0.25) is 0 Å². The van der Waals surface area contributed by atoms with Crippen molar-refractivity contribution in [2.24, 2.45) is 11.5 Å². The summed E-state index contributed by atoms with van der Waals surface area (Å²) in [4.78, 5) is 10.4. The van der Waals surface area contributed by atoms with Crippen LogP contribution in [-0.4, -0.2) is 12.5 Å². The molecule has 1 unspecified atom stereocenters. The molecule has 1 amide bonds. The van der Waals surface area contributed by atoms with E-state index in [1.54, 1.807) is 13.0 Å². The third kappa shape index (κ3) is 3.21. The number of benzene rings is 1. The lowest BCUT2D eigenvalue weighted by Gasteiger charge is -2.09. The highest BCUT2D eigenvalue weighted by molar-refractivity contribution is 5.75. The Bertz CT molecular complexity index is 366. The maximum absolute atomic E-state index is 13.3. The molecule has 0 aliphatic rings. The van der Waals surface area contributed by atoms with Gasteiger partial charge in [0.1, 0.15) is 0 Å². The van der Waals surface area contributed by atoms with E-state index < -0.39 is 11.7 Å². The summed E-state index contributed by atoms with van der Waals surface area (Å²) in [5.41, 5.74) is 11.1. The molecule has 5 heteroatoms. The van der Waals surface area contributed by atoms with E-state index >= 15 is 0 Å². The quantitative estimate of drug-likeness (QED) is 0.771. The standard InChI is InChI=1S/C10H13FN2O2/c1-6(12)7-2-3-9(8(11)4-7)15-5-10(13)14/h2-4,6H,5,12H2,1H3,(H2,13,14). The highest BCUT2D eigenvalue weighted by Crippen LogP contribution is 2.20. The van der Waals surface area contributed by atoms with Gasteiger partial charge in [0, 0.05) is 6.04 Å². The lowest BCUT2D eigenvalue weighted by molar-refractivity contribution is -0.120. The highest BCUT2D eigenvalue weighted by Gasteiger charge is 2.07. The molecule has 0 saturated heterocycles. The van der Waals surface area contributed by atoms with Crippen LogP contribution in [0.3, 0.4) is 0 Å². The number of nitrogens with two attached hydrogens (primary N) is 2. The molecule has 0 bridgehead atoms. The second kappa shape index (κ2) is 4.75. The second-order valence-corrected chi connectivity index (χ2v) is 3.23. The van der Waals surface area contributed by atoms with E-state index in [1.807, 2.05) is 0 Å². The Kier molecular flexibility index (Phi) is 3.62. The number of amides is 1. The first-order valence-electron chi connectivity index (χ1n) is 4.47. The molecule has 0 heterocycles. The Labute approximate surface area is 87.0 Å². The lowest BCUT2D eigenvalue weighted by atomic mass is 10.1. The van der Waals surface area contributed by atoms with Crippen molar-refractivity contribution in [3.8, 4) is 5.75 Å². The van der Waals surface area contributed by atoms with Crippen molar-refractivity contribution in [2.45, 2.75) is 13.0 Å². The molecule has 0 aliphatic heterocycles. The van der Waals surface area contributed by atoms with Crippen LogP contribution >= 0.6 is 0 Å². The SMILES string of the molecule is CC(N)c1ccc(OCC(N)=O)c(F)c1. The molecule has 0 radical (unpaired) electrons. The van der Waals surface area contributed by atoms with Crippen LogP contribution in [0.1, 0.15) is 18.5 Å². The maximum Gasteiger partial charge on any atom is 0.255 e. The molecule has 1 aromatic rings. The van der Waals surface area contributed by atoms with Crippen LogP contribution in [0.5, 0.6) is 5.75 Å². The number of carbonyl (C=O) groups excluding carboxylic acids is 1. The van der Waals surface area contributed by atoms with Gasteiger partial charge in [-0.3, -0.25) is 4.79 Å². The zero-order valence-corrected chi connectivity index (χ0v) is 8.37. The van der Waals surface area contributed by atoms with Crippen LogP contribution in [0.25, 0.3) is 0 Å². The molecule has 0 saturated carbocycles. The minimum Gasteiger partial charge on any atom is -0.481 e. The Hall–Kier alpha value is -1.62. The first-order valence-corrected chi connectivity index (χ1v) is 4.47. The van der Waals surface area contributed by atoms with Gasteiger partial charge in [0.05, 0.1) is 0 Å². The fourth-order valence-corrected chi connectivity index (χ4v) is 1.07. The van der Waals surface area contributed by atoms with Gasteiger partial charge in [-0.15, -0.1) is 0 Å². The van der Waals surface area contributed by atoms with Crippen molar-refractivity contribution in [2.75, 3.05) is 6.61 Å². The molecule has 82 valence electrons. The number of halogens is 1. The smallest absolute Gasteiger partial charge is 0.255 e. The molecule has 15 heavy (non-hydrogen) atoms. The van der Waals surface area contributed by atoms with Crippen molar-refractivity contribution < 1.29 is 13.9 Å². The van der Waals surface area contributed by atoms with Crippen molar-refractivity contribution in [3.63, 3.8) is 0 Å². The summed E-state index contributed by atoms with van der Waals surface area (Å²) >= 11 is 0. The number of hydrogen-bond donors (Lipinski definition) is 2. The van der Waals surface area contributed by atoms with E-state index in [0.29, 0.717) is 5.56 Å². The highest BCUT2D eigenvalue weighted by atomic mass is 19.1. The topological polar surface area (TPSA) is 78.3 Å². The monoisotopic (exact) mass is 212 g/mol. The normalized spacial score (nSPS) is 12.2. The van der Waals surface area contributed by atoms with E-state index in [2.05, 4.69) is 0 Å². The van der Waals surface area contributed by atoms with Gasteiger partial charge in [0.15, 0.2) is 18.2 Å². The zero-order valence-electron chi connectivity index (χ0n) is 8.37. The summed E-state index contributed by atoms with van der Waals surface area (Å²) in [5, 5.41) is 0. The Morgan fingerprint density at radius 2 is 2.27 bits per heavy atom. The van der Waals surface area contributed by atoms with Crippen LogP contribution in [0, 0.1) is 5.82 Å². The van der Waals surface area contributed by atoms with Gasteiger partial charge in [0.25, 0.3) is 5.91 Å². The zero-order chi connectivity index (χ0) is 11.4. The maximum atomic E-state index is 13.3. The molecular weight excluding hydrogens is 199 g/mol. The predicted octanol–water partition coefficient (Wildman–Crippen LogP) is 0.710. The minimum absolute atomic E-state index is 0.00167. The van der Waals surface area contributed by atoms with E-state index in [9.17, 15) is 9.18 Å². The summed E-state index contributed by atoms with van der Waals surface area (Å²) < 4.78 is 18.2. The molecule has 4 N–H and O–H groups in total. The fraction of sp³-hybridized carbons (Fsp3) is 0.300. The summed E-state index contributed by atoms with van der Waals surface area (Å²) in [5.74, 6) is -1.20. The number of rotatable bonds is 4. The molecule has 4 nitrogen and oxygen atoms in total. The minimum atomic E-state index is -0.648. The van der Waals surface area contributed by atoms with Crippen LogP contribution in [-0.2, 0) is 4.79 Å². The predicted molar refractivity (Wildman–Crippen MR) is 53.7 cm³/mol. The van der Waals surface area contributed by atoms with Gasteiger partial charge in [0.2, 0.25) is 0 Å². The average Bonchev–Trinajstić information content (AvgIpc) is 2.15. The summed E-state index contributed by atoms with van der Waals surface area (Å²) in [6.07, 6.45) is 0. The molecule has 1 aromatic carbocycles. The lowest BCUT2D eigenvalue weighted by Crippen LogP contribution is -2.20. The van der Waals surface area contributed by atoms with Crippen LogP contribution in [0.4, 0.5) is 4.39 Å². The van der Waals surface area contributed by atoms with Crippen molar-refractivity contribution in [1.82, 2.24) is 0 Å². The summed E-state index contributed by atoms with van der Waals surface area (Å²) in [6.45, 7) is 1.41. The molecule has 0 aromatic heterocycles. The first kappa shape index (κ1) is 11.5. The van der Waals surface area contributed by atoms with Crippen molar-refractivity contribution >= 4 is 5.91 Å². The van der Waals surface area contributed by atoms with Crippen molar-refractivity contribution in [1.29, 1.82) is 0 Å². The van der Waals surface area contributed by atoms with Gasteiger partial charge in [-0.25, -0.2) is 4.39 Å². The van der Waals surface area contributed by atoms with Crippen LogP contribution < -0.4 is 16.2 Å². The van der Waals surface area contributed by atoms with E-state index in [1.165, 1.54) is 12.1 Å². The van der Waals surface area contributed by atoms with Gasteiger partial charge >= 0.3 is 0 Å². The molecule has 1 rings (SSSR count). The molecule has 0 aliphatic carbocycles. The number of primary amides is 1. The second-order valence-electron chi connectivity index (χ2n) is 3.23. The Morgan fingerprint density at radius 1 is 1.60 bits per heavy atom. The van der Waals surface area contributed by atoms with E-state index in [4.69, 9.17) is 16.2 Å². The fourth-order valence-electron chi connectivity index (χ4n) is 1.07. The average molecular weight is 212 g/mol. The third-order valence-corrected chi connectivity index (χ3v) is 1.85. The Balaban J connectivity index is 2.79. The van der Waals surface area contributed by atoms with Gasteiger partial charge in [-0.05, 0) is 24.6 Å². The molecule has 0 fully saturated rings. The van der Waals surface area contributed by atoms with Crippen molar-refractivity contribution in [3.05, 3.63) is 29.6 Å². The molecule has 1 atom stereocenters. The Morgan fingerprint density at radius 3 is 2.73 bits per heavy atom. The largest absolute Gasteiger partial charge is 0.481 e. The van der Waals surface area contributed by atoms with E-state index in [-0.39, 0.29) is 18.4 Å². The number of hydrogen-bond acceptors (Lipinski definition) is 3. The first-order chi connectivity index (χ1) is 7.00. The van der Waals surface area contributed by atoms with Gasteiger partial charge in [-0.2, -0.15) is 0 Å². The van der Waals surface area contributed by atoms with Crippen LogP contribution in [0.15, 0.2) is 18.2 Å². The number of ether oxygens (including phenoxy) is 1. The molecular formula is C10H13FN2O2.